The van der Waals surface area contributed by atoms with Crippen LogP contribution in [-0.4, -0.2) is 40.9 Å². The molecule has 7 nitrogen and oxygen atoms in total. The van der Waals surface area contributed by atoms with E-state index in [1.807, 2.05) is 13.8 Å². The van der Waals surface area contributed by atoms with Crippen LogP contribution >= 0.6 is 0 Å². The Morgan fingerprint density at radius 3 is 2.11 bits per heavy atom. The molecule has 2 unspecified atom stereocenters. The Balaban J connectivity index is 0.000000668. The van der Waals surface area contributed by atoms with Crippen molar-refractivity contribution in [1.82, 2.24) is 10.2 Å². The zero-order valence-corrected chi connectivity index (χ0v) is 24.5. The Hall–Kier alpha value is -3.05. The van der Waals surface area contributed by atoms with E-state index in [0.717, 1.165) is 22.7 Å². The number of imide groups is 1. The molecule has 1 fully saturated rings. The van der Waals surface area contributed by atoms with Crippen molar-refractivity contribution in [2.24, 2.45) is 5.92 Å². The van der Waals surface area contributed by atoms with Gasteiger partial charge in [-0.1, -0.05) is 98.1 Å². The number of aldehydes is 1. The van der Waals surface area contributed by atoms with Crippen molar-refractivity contribution in [2.45, 2.75) is 119 Å². The van der Waals surface area contributed by atoms with Crippen LogP contribution in [0.15, 0.2) is 23.9 Å². The summed E-state index contributed by atoms with van der Waals surface area (Å²) in [4.78, 5) is 57.4. The number of hydrogen-bond donors (Lipinski definition) is 1. The molecule has 0 spiro atoms. The lowest BCUT2D eigenvalue weighted by molar-refractivity contribution is -0.121. The van der Waals surface area contributed by atoms with E-state index < -0.39 is 17.9 Å². The molecule has 1 aromatic carbocycles. The van der Waals surface area contributed by atoms with Crippen LogP contribution in [0.1, 0.15) is 132 Å². The molecule has 212 valence electrons. The number of benzene rings is 1. The summed E-state index contributed by atoms with van der Waals surface area (Å²) in [6.07, 6.45) is 11.5. The fourth-order valence-electron chi connectivity index (χ4n) is 3.66. The Kier molecular flexibility index (Phi) is 18.4. The van der Waals surface area contributed by atoms with Gasteiger partial charge in [-0.15, -0.1) is 0 Å². The van der Waals surface area contributed by atoms with E-state index in [-0.39, 0.29) is 24.4 Å². The number of hydrogen-bond acceptors (Lipinski definition) is 5. The number of nitrogens with zero attached hydrogens (tertiary/aromatic N) is 1. The number of fused-ring (bicyclic) bond motifs is 1. The second-order valence-electron chi connectivity index (χ2n) is 9.73. The molecule has 3 amide bonds. The van der Waals surface area contributed by atoms with Gasteiger partial charge in [0.1, 0.15) is 17.9 Å². The quantitative estimate of drug-likeness (QED) is 0.177. The SMILES string of the molecule is CCC=O.CCCC.CCCCCC(C)CC.Cc1ccc2c(c1)C(=O)N(C1CCC(=O)NC1=C=O)C2=O. The van der Waals surface area contributed by atoms with E-state index >= 15 is 0 Å². The van der Waals surface area contributed by atoms with Crippen molar-refractivity contribution in [2.75, 3.05) is 0 Å². The fourth-order valence-corrected chi connectivity index (χ4v) is 3.66. The summed E-state index contributed by atoms with van der Waals surface area (Å²) in [5, 5.41) is 2.38. The molecule has 38 heavy (non-hydrogen) atoms. The molecule has 0 bridgehead atoms. The first-order chi connectivity index (χ1) is 18.2. The minimum absolute atomic E-state index is 0.0579. The van der Waals surface area contributed by atoms with E-state index in [0.29, 0.717) is 17.5 Å². The van der Waals surface area contributed by atoms with E-state index in [1.54, 1.807) is 24.1 Å². The number of aryl methyl sites for hydroxylation is 1. The predicted octanol–water partition coefficient (Wildman–Crippen LogP) is 6.60. The maximum atomic E-state index is 12.5. The van der Waals surface area contributed by atoms with Crippen molar-refractivity contribution in [3.8, 4) is 0 Å². The van der Waals surface area contributed by atoms with Crippen LogP contribution in [0.5, 0.6) is 0 Å². The summed E-state index contributed by atoms with van der Waals surface area (Å²) in [5.74, 6) is 1.40. The third-order valence-corrected chi connectivity index (χ3v) is 6.41. The van der Waals surface area contributed by atoms with Crippen LogP contribution < -0.4 is 5.32 Å². The van der Waals surface area contributed by atoms with Gasteiger partial charge in [0.25, 0.3) is 11.8 Å². The highest BCUT2D eigenvalue weighted by molar-refractivity contribution is 6.22. The van der Waals surface area contributed by atoms with E-state index in [2.05, 4.69) is 39.9 Å². The highest BCUT2D eigenvalue weighted by Crippen LogP contribution is 2.29. The number of amides is 3. The largest absolute Gasteiger partial charge is 0.319 e. The van der Waals surface area contributed by atoms with E-state index in [1.165, 1.54) is 44.9 Å². The molecule has 0 radical (unpaired) electrons. The Morgan fingerprint density at radius 2 is 1.61 bits per heavy atom. The topological polar surface area (TPSA) is 101 Å². The number of piperidine rings is 1. The van der Waals surface area contributed by atoms with Gasteiger partial charge < -0.3 is 10.1 Å². The highest BCUT2D eigenvalue weighted by Gasteiger charge is 2.43. The van der Waals surface area contributed by atoms with Crippen molar-refractivity contribution in [3.63, 3.8) is 0 Å². The van der Waals surface area contributed by atoms with Gasteiger partial charge in [0.2, 0.25) is 5.91 Å². The second-order valence-corrected chi connectivity index (χ2v) is 9.73. The average molecular weight is 529 g/mol. The molecule has 2 heterocycles. The molecule has 1 aromatic rings. The Labute approximate surface area is 229 Å². The van der Waals surface area contributed by atoms with Gasteiger partial charge in [-0.3, -0.25) is 19.3 Å². The van der Waals surface area contributed by atoms with E-state index in [9.17, 15) is 24.0 Å². The summed E-state index contributed by atoms with van der Waals surface area (Å²) < 4.78 is 0. The zero-order chi connectivity index (χ0) is 29.1. The van der Waals surface area contributed by atoms with Crippen LogP contribution in [0.2, 0.25) is 0 Å². The van der Waals surface area contributed by atoms with Crippen LogP contribution in [0.4, 0.5) is 0 Å². The number of carbonyl (C=O) groups is 4. The third-order valence-electron chi connectivity index (χ3n) is 6.41. The number of nitrogens with one attached hydrogen (secondary N) is 1. The summed E-state index contributed by atoms with van der Waals surface area (Å²) in [7, 11) is 0. The molecule has 2 aliphatic heterocycles. The number of unbranched alkanes of at least 4 members (excludes halogenated alkanes) is 3. The molecule has 2 atom stereocenters. The molecule has 1 saturated heterocycles. The predicted molar refractivity (Wildman–Crippen MR) is 153 cm³/mol. The average Bonchev–Trinajstić information content (AvgIpc) is 3.17. The molecular formula is C31H48N2O5. The Bertz CT molecular complexity index is 948. The molecule has 0 saturated carbocycles. The lowest BCUT2D eigenvalue weighted by Crippen LogP contribution is -2.48. The smallest absolute Gasteiger partial charge is 0.262 e. The second kappa shape index (κ2) is 20.0. The van der Waals surface area contributed by atoms with Crippen molar-refractivity contribution < 1.29 is 24.0 Å². The minimum atomic E-state index is -0.757. The molecule has 1 N–H and O–H groups in total. The van der Waals surface area contributed by atoms with Gasteiger partial charge in [0.15, 0.2) is 0 Å². The first-order valence-electron chi connectivity index (χ1n) is 14.1. The molecule has 0 aliphatic carbocycles. The molecular weight excluding hydrogens is 480 g/mol. The zero-order valence-electron chi connectivity index (χ0n) is 24.5. The normalized spacial score (nSPS) is 16.4. The molecule has 0 aromatic heterocycles. The Morgan fingerprint density at radius 1 is 1.00 bits per heavy atom. The molecule has 2 aliphatic rings. The van der Waals surface area contributed by atoms with Gasteiger partial charge in [-0.2, -0.15) is 0 Å². The van der Waals surface area contributed by atoms with Gasteiger partial charge >= 0.3 is 0 Å². The maximum Gasteiger partial charge on any atom is 0.262 e. The lowest BCUT2D eigenvalue weighted by atomic mass is 10.0. The minimum Gasteiger partial charge on any atom is -0.319 e. The summed E-state index contributed by atoms with van der Waals surface area (Å²) >= 11 is 0. The molecule has 3 rings (SSSR count). The highest BCUT2D eigenvalue weighted by atomic mass is 16.2. The van der Waals surface area contributed by atoms with Gasteiger partial charge in [-0.05, 0) is 31.4 Å². The van der Waals surface area contributed by atoms with Gasteiger partial charge in [0.05, 0.1) is 17.2 Å². The monoisotopic (exact) mass is 528 g/mol. The number of rotatable bonds is 8. The third kappa shape index (κ3) is 11.6. The lowest BCUT2D eigenvalue weighted by Gasteiger charge is -2.29. The van der Waals surface area contributed by atoms with Crippen LogP contribution in [-0.2, 0) is 14.4 Å². The standard InChI is InChI=1S/C15H12N2O4.C9H20.C4H10.C3H6O/c1-8-2-3-9-10(6-8)15(21)17(14(9)20)12-4-5-13(19)16-11(12)7-18;1-4-6-7-8-9(3)5-2;1-3-4-2;1-2-3-4/h2-3,6,12H,4-5H2,1H3,(H,16,19);9H,4-8H2,1-3H3;3-4H2,1-2H3;3H,2H2,1H3. The first-order valence-corrected chi connectivity index (χ1v) is 14.1. The summed E-state index contributed by atoms with van der Waals surface area (Å²) in [6.45, 7) is 14.9. The van der Waals surface area contributed by atoms with Crippen LogP contribution in [0.3, 0.4) is 0 Å². The van der Waals surface area contributed by atoms with Crippen LogP contribution in [0.25, 0.3) is 0 Å². The maximum absolute atomic E-state index is 12.5. The fraction of sp³-hybridized carbons (Fsp3) is 0.613. The molecule has 7 heteroatoms. The van der Waals surface area contributed by atoms with Crippen molar-refractivity contribution in [3.05, 3.63) is 40.6 Å². The summed E-state index contributed by atoms with van der Waals surface area (Å²) in [5.41, 5.74) is 1.48. The van der Waals surface area contributed by atoms with Gasteiger partial charge in [-0.25, -0.2) is 4.79 Å². The number of carbonyl (C=O) groups excluding carboxylic acids is 5. The van der Waals surface area contributed by atoms with Gasteiger partial charge in [0, 0.05) is 12.8 Å². The first kappa shape index (κ1) is 35.0. The summed E-state index contributed by atoms with van der Waals surface area (Å²) in [6, 6.07) is 4.26. The van der Waals surface area contributed by atoms with Crippen molar-refractivity contribution >= 4 is 29.9 Å². The van der Waals surface area contributed by atoms with E-state index in [4.69, 9.17) is 0 Å². The van der Waals surface area contributed by atoms with Crippen molar-refractivity contribution in [1.29, 1.82) is 0 Å². The van der Waals surface area contributed by atoms with Crippen LogP contribution in [0, 0.1) is 12.8 Å².